The Bertz CT molecular complexity index is 837. The van der Waals surface area contributed by atoms with Crippen LogP contribution < -0.4 is 15.2 Å². The molecule has 0 atom stereocenters. The molecule has 0 amide bonds. The monoisotopic (exact) mass is 315 g/mol. The summed E-state index contributed by atoms with van der Waals surface area (Å²) in [6, 6.07) is 6.00. The average molecular weight is 315 g/mol. The smallest absolute Gasteiger partial charge is 0.194 e. The van der Waals surface area contributed by atoms with Crippen LogP contribution in [0.5, 0.6) is 11.5 Å². The maximum absolute atomic E-state index is 5.70. The van der Waals surface area contributed by atoms with Crippen molar-refractivity contribution in [1.82, 2.24) is 9.38 Å². The van der Waals surface area contributed by atoms with E-state index in [0.29, 0.717) is 19.8 Å². The number of rotatable bonds is 3. The molecular weight excluding hydrogens is 298 g/mol. The quantitative estimate of drug-likeness (QED) is 0.807. The van der Waals surface area contributed by atoms with Gasteiger partial charge in [0.25, 0.3) is 0 Å². The minimum Gasteiger partial charge on any atom is -0.486 e. The third-order valence-corrected chi connectivity index (χ3v) is 4.76. The van der Waals surface area contributed by atoms with Crippen LogP contribution in [0.1, 0.15) is 11.4 Å². The molecule has 3 heterocycles. The van der Waals surface area contributed by atoms with E-state index in [0.717, 1.165) is 39.8 Å². The summed E-state index contributed by atoms with van der Waals surface area (Å²) < 4.78 is 13.4. The minimum absolute atomic E-state index is 0.592. The second-order valence-corrected chi connectivity index (χ2v) is 6.12. The molecule has 2 N–H and O–H groups in total. The number of nitrogens with zero attached hydrogens (tertiary/aromatic N) is 2. The van der Waals surface area contributed by atoms with Crippen molar-refractivity contribution in [1.29, 1.82) is 0 Å². The second kappa shape index (κ2) is 5.30. The SMILES string of the molecule is Cc1c(-c2ccc3c(c2)OCCO3)nc2scc(CCN)n12. The van der Waals surface area contributed by atoms with Crippen molar-refractivity contribution in [2.45, 2.75) is 13.3 Å². The zero-order chi connectivity index (χ0) is 15.1. The van der Waals surface area contributed by atoms with Crippen LogP contribution in [-0.4, -0.2) is 29.1 Å². The predicted octanol–water partition coefficient (Wildman–Crippen LogP) is 2.64. The third kappa shape index (κ3) is 2.07. The van der Waals surface area contributed by atoms with Gasteiger partial charge >= 0.3 is 0 Å². The molecule has 0 saturated heterocycles. The summed E-state index contributed by atoms with van der Waals surface area (Å²) in [5.74, 6) is 1.60. The summed E-state index contributed by atoms with van der Waals surface area (Å²) in [5, 5.41) is 2.13. The summed E-state index contributed by atoms with van der Waals surface area (Å²) >= 11 is 1.65. The number of nitrogens with two attached hydrogens (primary N) is 1. The molecule has 2 aromatic heterocycles. The summed E-state index contributed by atoms with van der Waals surface area (Å²) in [4.78, 5) is 5.78. The summed E-state index contributed by atoms with van der Waals surface area (Å²) in [5.41, 5.74) is 10.1. The number of aromatic nitrogens is 2. The van der Waals surface area contributed by atoms with Gasteiger partial charge in [0, 0.05) is 28.8 Å². The Kier molecular flexibility index (Phi) is 3.28. The molecule has 4 rings (SSSR count). The molecule has 114 valence electrons. The van der Waals surface area contributed by atoms with Gasteiger partial charge in [-0.15, -0.1) is 11.3 Å². The van der Waals surface area contributed by atoms with Gasteiger partial charge in [-0.2, -0.15) is 0 Å². The van der Waals surface area contributed by atoms with E-state index >= 15 is 0 Å². The lowest BCUT2D eigenvalue weighted by Gasteiger charge is -2.18. The highest BCUT2D eigenvalue weighted by molar-refractivity contribution is 7.15. The molecule has 5 nitrogen and oxygen atoms in total. The molecule has 0 radical (unpaired) electrons. The highest BCUT2D eigenvalue weighted by Crippen LogP contribution is 2.36. The van der Waals surface area contributed by atoms with E-state index in [2.05, 4.69) is 16.7 Å². The van der Waals surface area contributed by atoms with E-state index in [9.17, 15) is 0 Å². The lowest BCUT2D eigenvalue weighted by molar-refractivity contribution is 0.171. The summed E-state index contributed by atoms with van der Waals surface area (Å²) in [6.07, 6.45) is 0.859. The maximum atomic E-state index is 5.70. The normalized spacial score (nSPS) is 13.7. The van der Waals surface area contributed by atoms with Gasteiger partial charge in [-0.05, 0) is 31.7 Å². The zero-order valence-electron chi connectivity index (χ0n) is 12.3. The molecule has 0 spiro atoms. The first-order chi connectivity index (χ1) is 10.8. The topological polar surface area (TPSA) is 61.8 Å². The highest BCUT2D eigenvalue weighted by Gasteiger charge is 2.18. The Balaban J connectivity index is 1.82. The molecule has 1 aliphatic heterocycles. The summed E-state index contributed by atoms with van der Waals surface area (Å²) in [7, 11) is 0. The average Bonchev–Trinajstić information content (AvgIpc) is 3.08. The molecule has 0 aliphatic carbocycles. The standard InChI is InChI=1S/C16H17N3O2S/c1-10-15(18-16-19(10)12(4-5-17)9-22-16)11-2-3-13-14(8-11)21-7-6-20-13/h2-3,8-9H,4-7,17H2,1H3. The zero-order valence-corrected chi connectivity index (χ0v) is 13.2. The van der Waals surface area contributed by atoms with E-state index in [1.165, 1.54) is 5.69 Å². The van der Waals surface area contributed by atoms with Crippen molar-refractivity contribution in [2.24, 2.45) is 5.73 Å². The molecular formula is C16H17N3O2S. The number of aryl methyl sites for hydroxylation is 1. The number of benzene rings is 1. The number of fused-ring (bicyclic) bond motifs is 2. The molecule has 1 aromatic carbocycles. The van der Waals surface area contributed by atoms with Crippen LogP contribution in [0.3, 0.4) is 0 Å². The van der Waals surface area contributed by atoms with Crippen LogP contribution in [0.4, 0.5) is 0 Å². The number of hydrogen-bond acceptors (Lipinski definition) is 5. The first kappa shape index (κ1) is 13.6. The first-order valence-corrected chi connectivity index (χ1v) is 8.21. The van der Waals surface area contributed by atoms with Crippen molar-refractivity contribution in [3.8, 4) is 22.8 Å². The Hall–Kier alpha value is -2.05. The fourth-order valence-electron chi connectivity index (χ4n) is 2.85. The van der Waals surface area contributed by atoms with Crippen molar-refractivity contribution in [3.63, 3.8) is 0 Å². The predicted molar refractivity (Wildman–Crippen MR) is 87.0 cm³/mol. The van der Waals surface area contributed by atoms with Gasteiger partial charge in [-0.25, -0.2) is 4.98 Å². The molecule has 0 saturated carbocycles. The fourth-order valence-corrected chi connectivity index (χ4v) is 3.82. The lowest BCUT2D eigenvalue weighted by atomic mass is 10.1. The van der Waals surface area contributed by atoms with Crippen LogP contribution >= 0.6 is 11.3 Å². The van der Waals surface area contributed by atoms with Gasteiger partial charge in [0.1, 0.15) is 13.2 Å². The minimum atomic E-state index is 0.592. The lowest BCUT2D eigenvalue weighted by Crippen LogP contribution is -2.15. The number of thiazole rings is 1. The molecule has 6 heteroatoms. The van der Waals surface area contributed by atoms with E-state index in [1.807, 2.05) is 18.2 Å². The van der Waals surface area contributed by atoms with Crippen LogP contribution in [-0.2, 0) is 6.42 Å². The van der Waals surface area contributed by atoms with E-state index in [-0.39, 0.29) is 0 Å². The number of ether oxygens (including phenoxy) is 2. The largest absolute Gasteiger partial charge is 0.486 e. The molecule has 0 bridgehead atoms. The van der Waals surface area contributed by atoms with Crippen LogP contribution in [0.15, 0.2) is 23.6 Å². The summed E-state index contributed by atoms with van der Waals surface area (Å²) in [6.45, 7) is 3.93. The van der Waals surface area contributed by atoms with Gasteiger partial charge < -0.3 is 15.2 Å². The maximum Gasteiger partial charge on any atom is 0.194 e. The van der Waals surface area contributed by atoms with E-state index in [4.69, 9.17) is 20.2 Å². The van der Waals surface area contributed by atoms with E-state index in [1.54, 1.807) is 11.3 Å². The van der Waals surface area contributed by atoms with Gasteiger partial charge in [-0.1, -0.05) is 0 Å². The Labute approximate surface area is 132 Å². The van der Waals surface area contributed by atoms with Crippen LogP contribution in [0.2, 0.25) is 0 Å². The second-order valence-electron chi connectivity index (χ2n) is 5.29. The molecule has 1 aliphatic rings. The van der Waals surface area contributed by atoms with Crippen molar-refractivity contribution in [3.05, 3.63) is 35.0 Å². The van der Waals surface area contributed by atoms with Gasteiger partial charge in [0.05, 0.1) is 5.69 Å². The van der Waals surface area contributed by atoms with E-state index < -0.39 is 0 Å². The first-order valence-electron chi connectivity index (χ1n) is 7.33. The highest BCUT2D eigenvalue weighted by atomic mass is 32.1. The van der Waals surface area contributed by atoms with Crippen LogP contribution in [0, 0.1) is 6.92 Å². The fraction of sp³-hybridized carbons (Fsp3) is 0.312. The molecule has 3 aromatic rings. The van der Waals surface area contributed by atoms with Gasteiger partial charge in [0.15, 0.2) is 16.5 Å². The number of hydrogen-bond donors (Lipinski definition) is 1. The number of imidazole rings is 1. The molecule has 0 fully saturated rings. The van der Waals surface area contributed by atoms with Crippen molar-refractivity contribution < 1.29 is 9.47 Å². The third-order valence-electron chi connectivity index (χ3n) is 3.88. The van der Waals surface area contributed by atoms with Gasteiger partial charge in [0.2, 0.25) is 0 Å². The molecule has 0 unspecified atom stereocenters. The Morgan fingerprint density at radius 2 is 2.09 bits per heavy atom. The van der Waals surface area contributed by atoms with Gasteiger partial charge in [-0.3, -0.25) is 4.40 Å². The Morgan fingerprint density at radius 1 is 1.27 bits per heavy atom. The van der Waals surface area contributed by atoms with Crippen molar-refractivity contribution in [2.75, 3.05) is 19.8 Å². The van der Waals surface area contributed by atoms with Crippen LogP contribution in [0.25, 0.3) is 16.2 Å². The Morgan fingerprint density at radius 3 is 2.91 bits per heavy atom. The van der Waals surface area contributed by atoms with Crippen molar-refractivity contribution >= 4 is 16.3 Å². The molecule has 22 heavy (non-hydrogen) atoms.